The molecule has 132 valence electrons. The summed E-state index contributed by atoms with van der Waals surface area (Å²) < 4.78 is 0. The molecular formula is C20H30BrN3. The first-order valence-electron chi connectivity index (χ1n) is 9.56. The van der Waals surface area contributed by atoms with Crippen molar-refractivity contribution in [2.24, 2.45) is 4.99 Å². The summed E-state index contributed by atoms with van der Waals surface area (Å²) in [5.41, 5.74) is 3.03. The Hall–Kier alpha value is -1.03. The van der Waals surface area contributed by atoms with Gasteiger partial charge in [-0.3, -0.25) is 4.99 Å². The number of fused-ring (bicyclic) bond motifs is 3. The molecule has 0 amide bonds. The molecule has 2 aliphatic rings. The molecule has 1 aromatic rings. The van der Waals surface area contributed by atoms with Crippen molar-refractivity contribution in [1.82, 2.24) is 10.2 Å². The monoisotopic (exact) mass is 391 g/mol. The molecule has 0 spiro atoms. The number of nitrogens with one attached hydrogen (secondary N) is 1. The van der Waals surface area contributed by atoms with Crippen molar-refractivity contribution >= 4 is 21.9 Å². The first-order valence-corrected chi connectivity index (χ1v) is 10.5. The largest absolute Gasteiger partial charge is 0.355 e. The van der Waals surface area contributed by atoms with E-state index in [4.69, 9.17) is 4.99 Å². The lowest BCUT2D eigenvalue weighted by Crippen LogP contribution is -2.50. The van der Waals surface area contributed by atoms with E-state index >= 15 is 0 Å². The first kappa shape index (κ1) is 17.8. The van der Waals surface area contributed by atoms with Gasteiger partial charge >= 0.3 is 0 Å². The first-order chi connectivity index (χ1) is 11.8. The van der Waals surface area contributed by atoms with Crippen LogP contribution in [-0.4, -0.2) is 35.3 Å². The molecular weight excluding hydrogens is 362 g/mol. The molecule has 3 nitrogen and oxygen atoms in total. The predicted octanol–water partition coefficient (Wildman–Crippen LogP) is 4.67. The molecule has 1 aromatic carbocycles. The minimum absolute atomic E-state index is 0.508. The van der Waals surface area contributed by atoms with Gasteiger partial charge in [0, 0.05) is 24.5 Å². The molecule has 0 fully saturated rings. The van der Waals surface area contributed by atoms with Crippen molar-refractivity contribution in [3.05, 3.63) is 35.4 Å². The fourth-order valence-corrected chi connectivity index (χ4v) is 4.34. The second-order valence-electron chi connectivity index (χ2n) is 6.98. The standard InChI is InChI=1S/C20H30BrN3/c1-2-3-4-5-9-17(21)15-23-20-22-13-11-19-18-10-7-6-8-16(18)12-14-24(19)20/h6-8,10,17,19H,2-5,9,11-15H2,1H3,(H,22,23). The summed E-state index contributed by atoms with van der Waals surface area (Å²) >= 11 is 3.83. The Morgan fingerprint density at radius 1 is 1.29 bits per heavy atom. The van der Waals surface area contributed by atoms with E-state index in [1.165, 1.54) is 43.2 Å². The molecule has 0 bridgehead atoms. The summed E-state index contributed by atoms with van der Waals surface area (Å²) in [4.78, 5) is 7.80. The van der Waals surface area contributed by atoms with Gasteiger partial charge in [-0.05, 0) is 30.4 Å². The fraction of sp³-hybridized carbons (Fsp3) is 0.650. The highest BCUT2D eigenvalue weighted by Crippen LogP contribution is 2.34. The fourth-order valence-electron chi connectivity index (χ4n) is 3.85. The van der Waals surface area contributed by atoms with Gasteiger partial charge in [0.15, 0.2) is 5.96 Å². The third kappa shape index (κ3) is 4.33. The quantitative estimate of drug-likeness (QED) is 0.540. The van der Waals surface area contributed by atoms with Crippen LogP contribution in [0, 0.1) is 0 Å². The van der Waals surface area contributed by atoms with E-state index < -0.39 is 0 Å². The zero-order valence-corrected chi connectivity index (χ0v) is 16.4. The summed E-state index contributed by atoms with van der Waals surface area (Å²) in [7, 11) is 0. The van der Waals surface area contributed by atoms with Crippen LogP contribution >= 0.6 is 15.9 Å². The maximum Gasteiger partial charge on any atom is 0.194 e. The molecule has 0 radical (unpaired) electrons. The summed E-state index contributed by atoms with van der Waals surface area (Å²) in [5, 5.41) is 3.62. The number of benzene rings is 1. The summed E-state index contributed by atoms with van der Waals surface area (Å²) in [6, 6.07) is 9.44. The van der Waals surface area contributed by atoms with Gasteiger partial charge in [0.1, 0.15) is 0 Å². The SMILES string of the molecule is CCCCCCC(Br)CNC1=NCCC2c3ccccc3CCN12. The molecule has 0 aromatic heterocycles. The maximum absolute atomic E-state index is 4.78. The van der Waals surface area contributed by atoms with Crippen molar-refractivity contribution in [1.29, 1.82) is 0 Å². The lowest BCUT2D eigenvalue weighted by atomic mass is 9.90. The molecule has 3 rings (SSSR count). The molecule has 0 saturated carbocycles. The predicted molar refractivity (Wildman–Crippen MR) is 106 cm³/mol. The van der Waals surface area contributed by atoms with Crippen molar-refractivity contribution in [3.63, 3.8) is 0 Å². The van der Waals surface area contributed by atoms with E-state index in [1.807, 2.05) is 0 Å². The van der Waals surface area contributed by atoms with E-state index in [1.54, 1.807) is 0 Å². The Labute approximate surface area is 155 Å². The van der Waals surface area contributed by atoms with Crippen LogP contribution in [0.3, 0.4) is 0 Å². The van der Waals surface area contributed by atoms with Gasteiger partial charge in [-0.15, -0.1) is 0 Å². The van der Waals surface area contributed by atoms with Gasteiger partial charge in [-0.25, -0.2) is 0 Å². The number of alkyl halides is 1. The van der Waals surface area contributed by atoms with Gasteiger partial charge < -0.3 is 10.2 Å². The third-order valence-electron chi connectivity index (χ3n) is 5.20. The number of hydrogen-bond acceptors (Lipinski definition) is 3. The average molecular weight is 392 g/mol. The van der Waals surface area contributed by atoms with Gasteiger partial charge in [-0.2, -0.15) is 0 Å². The Morgan fingerprint density at radius 2 is 2.17 bits per heavy atom. The van der Waals surface area contributed by atoms with Crippen LogP contribution in [0.25, 0.3) is 0 Å². The van der Waals surface area contributed by atoms with Crippen LogP contribution in [0.15, 0.2) is 29.3 Å². The molecule has 2 heterocycles. The van der Waals surface area contributed by atoms with E-state index in [-0.39, 0.29) is 0 Å². The Kier molecular flexibility index (Phi) is 6.59. The summed E-state index contributed by atoms with van der Waals surface area (Å²) in [6.45, 7) is 5.25. The summed E-state index contributed by atoms with van der Waals surface area (Å²) in [5.74, 6) is 1.11. The molecule has 0 aliphatic carbocycles. The van der Waals surface area contributed by atoms with Crippen LogP contribution in [0.4, 0.5) is 0 Å². The van der Waals surface area contributed by atoms with Crippen LogP contribution in [0.2, 0.25) is 0 Å². The normalized spacial score (nSPS) is 20.8. The molecule has 2 unspecified atom stereocenters. The van der Waals surface area contributed by atoms with Gasteiger partial charge in [0.05, 0.1) is 6.04 Å². The van der Waals surface area contributed by atoms with E-state index in [2.05, 4.69) is 57.3 Å². The number of unbranched alkanes of at least 4 members (excludes halogenated alkanes) is 3. The Morgan fingerprint density at radius 3 is 3.04 bits per heavy atom. The highest BCUT2D eigenvalue weighted by molar-refractivity contribution is 9.09. The van der Waals surface area contributed by atoms with Crippen LogP contribution in [0.1, 0.15) is 62.6 Å². The van der Waals surface area contributed by atoms with Crippen molar-refractivity contribution in [2.75, 3.05) is 19.6 Å². The van der Waals surface area contributed by atoms with Gasteiger partial charge in [-0.1, -0.05) is 72.8 Å². The number of guanidine groups is 1. The zero-order valence-electron chi connectivity index (χ0n) is 14.8. The minimum Gasteiger partial charge on any atom is -0.355 e. The van der Waals surface area contributed by atoms with Gasteiger partial charge in [0.2, 0.25) is 0 Å². The van der Waals surface area contributed by atoms with Crippen molar-refractivity contribution < 1.29 is 0 Å². The number of aliphatic imine (C=N–C) groups is 1. The van der Waals surface area contributed by atoms with E-state index in [9.17, 15) is 0 Å². The third-order valence-corrected chi connectivity index (χ3v) is 5.98. The molecule has 4 heteroatoms. The topological polar surface area (TPSA) is 27.6 Å². The molecule has 24 heavy (non-hydrogen) atoms. The zero-order chi connectivity index (χ0) is 16.8. The number of halogens is 1. The highest BCUT2D eigenvalue weighted by Gasteiger charge is 2.31. The second kappa shape index (κ2) is 8.89. The van der Waals surface area contributed by atoms with Crippen LogP contribution < -0.4 is 5.32 Å². The molecule has 1 N–H and O–H groups in total. The lowest BCUT2D eigenvalue weighted by Gasteiger charge is -2.42. The van der Waals surface area contributed by atoms with Crippen LogP contribution in [0.5, 0.6) is 0 Å². The number of hydrogen-bond donors (Lipinski definition) is 1. The van der Waals surface area contributed by atoms with E-state index in [0.29, 0.717) is 10.9 Å². The van der Waals surface area contributed by atoms with Crippen LogP contribution in [-0.2, 0) is 6.42 Å². The van der Waals surface area contributed by atoms with Crippen molar-refractivity contribution in [3.8, 4) is 0 Å². The Balaban J connectivity index is 1.53. The lowest BCUT2D eigenvalue weighted by molar-refractivity contribution is 0.262. The average Bonchev–Trinajstić information content (AvgIpc) is 2.63. The minimum atomic E-state index is 0.508. The molecule has 2 atom stereocenters. The number of nitrogens with zero attached hydrogens (tertiary/aromatic N) is 2. The van der Waals surface area contributed by atoms with Crippen molar-refractivity contribution in [2.45, 2.75) is 62.7 Å². The van der Waals surface area contributed by atoms with E-state index in [0.717, 1.165) is 38.4 Å². The smallest absolute Gasteiger partial charge is 0.194 e. The molecule has 2 aliphatic heterocycles. The maximum atomic E-state index is 4.78. The highest BCUT2D eigenvalue weighted by atomic mass is 79.9. The summed E-state index contributed by atoms with van der Waals surface area (Å²) in [6.07, 6.45) is 8.84. The van der Waals surface area contributed by atoms with Gasteiger partial charge in [0.25, 0.3) is 0 Å². The Bertz CT molecular complexity index is 558. The second-order valence-corrected chi connectivity index (χ2v) is 8.27. The number of rotatable bonds is 7. The molecule has 0 saturated heterocycles.